The molecule has 1 N–H and O–H groups in total. The SMILES string of the molecule is CC[Si](CC)(CC)O[C@@H](C)[C@H]1NC[C@H]2CC[C@@H]1N2C(=O)OC(C)(C)C. The van der Waals surface area contributed by atoms with Gasteiger partial charge in [-0.15, -0.1) is 0 Å². The van der Waals surface area contributed by atoms with Crippen molar-refractivity contribution in [1.82, 2.24) is 10.2 Å². The van der Waals surface area contributed by atoms with Crippen molar-refractivity contribution < 1.29 is 14.0 Å². The van der Waals surface area contributed by atoms with Gasteiger partial charge in [-0.3, -0.25) is 4.90 Å². The Morgan fingerprint density at radius 3 is 2.32 bits per heavy atom. The molecule has 2 saturated heterocycles. The zero-order valence-electron chi connectivity index (χ0n) is 17.2. The van der Waals surface area contributed by atoms with Crippen molar-refractivity contribution in [3.8, 4) is 0 Å². The highest BCUT2D eigenvalue weighted by Crippen LogP contribution is 2.34. The van der Waals surface area contributed by atoms with Gasteiger partial charge in [-0.2, -0.15) is 0 Å². The van der Waals surface area contributed by atoms with E-state index in [9.17, 15) is 4.79 Å². The molecule has 0 aromatic heterocycles. The Labute approximate surface area is 154 Å². The average molecular weight is 371 g/mol. The van der Waals surface area contributed by atoms with Crippen LogP contribution in [0.5, 0.6) is 0 Å². The summed E-state index contributed by atoms with van der Waals surface area (Å²) in [5.41, 5.74) is -0.451. The molecule has 0 radical (unpaired) electrons. The Hall–Kier alpha value is -0.593. The third-order valence-electron chi connectivity index (χ3n) is 6.03. The standard InChI is InChI=1S/C19H38N2O3Si/c1-8-25(9-2,10-3)24-14(4)17-16-12-11-15(13-20-17)21(16)18(22)23-19(5,6)7/h14-17,20H,8-13H2,1-7H3/t14-,15+,16-,17+/m0/s1. The Kier molecular flexibility index (Phi) is 6.60. The first kappa shape index (κ1) is 20.7. The molecule has 2 heterocycles. The van der Waals surface area contributed by atoms with Gasteiger partial charge in [-0.1, -0.05) is 20.8 Å². The summed E-state index contributed by atoms with van der Waals surface area (Å²) >= 11 is 0. The number of hydrogen-bond acceptors (Lipinski definition) is 4. The van der Waals surface area contributed by atoms with E-state index in [4.69, 9.17) is 9.16 Å². The Morgan fingerprint density at radius 1 is 1.20 bits per heavy atom. The Bertz CT molecular complexity index is 454. The molecule has 6 heteroatoms. The maximum atomic E-state index is 12.7. The molecule has 2 fully saturated rings. The van der Waals surface area contributed by atoms with Gasteiger partial charge in [-0.05, 0) is 58.7 Å². The van der Waals surface area contributed by atoms with Crippen LogP contribution in [0.15, 0.2) is 0 Å². The number of carbonyl (C=O) groups is 1. The molecule has 0 aliphatic carbocycles. The predicted molar refractivity (Wildman–Crippen MR) is 104 cm³/mol. The molecule has 4 atom stereocenters. The fourth-order valence-electron chi connectivity index (χ4n) is 4.42. The fourth-order valence-corrected chi connectivity index (χ4v) is 7.35. The summed E-state index contributed by atoms with van der Waals surface area (Å²) in [5.74, 6) is 0. The van der Waals surface area contributed by atoms with E-state index in [0.29, 0.717) is 0 Å². The molecule has 1 amide bonds. The third-order valence-corrected chi connectivity index (χ3v) is 10.8. The maximum absolute atomic E-state index is 12.7. The molecular formula is C19H38N2O3Si. The number of carbonyl (C=O) groups excluding carboxylic acids is 1. The van der Waals surface area contributed by atoms with E-state index in [1.54, 1.807) is 0 Å². The number of rotatable bonds is 6. The van der Waals surface area contributed by atoms with Crippen LogP contribution >= 0.6 is 0 Å². The van der Waals surface area contributed by atoms with Crippen molar-refractivity contribution in [2.75, 3.05) is 6.54 Å². The second-order valence-electron chi connectivity index (χ2n) is 8.69. The topological polar surface area (TPSA) is 50.8 Å². The molecular weight excluding hydrogens is 332 g/mol. The second-order valence-corrected chi connectivity index (χ2v) is 13.4. The van der Waals surface area contributed by atoms with Crippen LogP contribution in [0.4, 0.5) is 4.79 Å². The lowest BCUT2D eigenvalue weighted by Gasteiger charge is -2.45. The van der Waals surface area contributed by atoms with Crippen LogP contribution in [0.25, 0.3) is 0 Å². The van der Waals surface area contributed by atoms with Crippen molar-refractivity contribution in [3.05, 3.63) is 0 Å². The largest absolute Gasteiger partial charge is 0.444 e. The quantitative estimate of drug-likeness (QED) is 0.714. The van der Waals surface area contributed by atoms with Crippen LogP contribution in [-0.4, -0.2) is 55.7 Å². The molecule has 5 nitrogen and oxygen atoms in total. The predicted octanol–water partition coefficient (Wildman–Crippen LogP) is 4.14. The lowest BCUT2D eigenvalue weighted by molar-refractivity contribution is -0.00562. The van der Waals surface area contributed by atoms with Gasteiger partial charge in [0.25, 0.3) is 0 Å². The molecule has 2 rings (SSSR count). The molecule has 0 spiro atoms. The number of nitrogens with zero attached hydrogens (tertiary/aromatic N) is 1. The van der Waals surface area contributed by atoms with E-state index in [2.05, 4.69) is 33.0 Å². The van der Waals surface area contributed by atoms with E-state index in [1.807, 2.05) is 25.7 Å². The average Bonchev–Trinajstić information content (AvgIpc) is 2.84. The van der Waals surface area contributed by atoms with Crippen LogP contribution in [0.2, 0.25) is 18.1 Å². The minimum atomic E-state index is -1.66. The summed E-state index contributed by atoms with van der Waals surface area (Å²) in [7, 11) is -1.66. The van der Waals surface area contributed by atoms with Crippen molar-refractivity contribution >= 4 is 14.4 Å². The number of ether oxygens (including phenoxy) is 1. The molecule has 0 saturated carbocycles. The molecule has 2 aliphatic rings. The zero-order valence-corrected chi connectivity index (χ0v) is 18.2. The van der Waals surface area contributed by atoms with Gasteiger partial charge in [0, 0.05) is 12.6 Å². The smallest absolute Gasteiger partial charge is 0.410 e. The number of amides is 1. The highest BCUT2D eigenvalue weighted by molar-refractivity contribution is 6.73. The van der Waals surface area contributed by atoms with Crippen molar-refractivity contribution in [2.45, 2.75) is 109 Å². The minimum Gasteiger partial charge on any atom is -0.444 e. The highest BCUT2D eigenvalue weighted by Gasteiger charge is 2.48. The fraction of sp³-hybridized carbons (Fsp3) is 0.947. The van der Waals surface area contributed by atoms with Gasteiger partial charge < -0.3 is 14.5 Å². The van der Waals surface area contributed by atoms with Crippen LogP contribution < -0.4 is 5.32 Å². The first-order chi connectivity index (χ1) is 11.7. The molecule has 2 bridgehead atoms. The van der Waals surface area contributed by atoms with Crippen molar-refractivity contribution in [1.29, 1.82) is 0 Å². The van der Waals surface area contributed by atoms with Gasteiger partial charge >= 0.3 is 6.09 Å². The lowest BCUT2D eigenvalue weighted by Crippen LogP contribution is -2.64. The van der Waals surface area contributed by atoms with Crippen LogP contribution in [0.1, 0.15) is 61.3 Å². The summed E-state index contributed by atoms with van der Waals surface area (Å²) in [5, 5.41) is 3.67. The molecule has 2 aliphatic heterocycles. The van der Waals surface area contributed by atoms with E-state index in [-0.39, 0.29) is 30.3 Å². The summed E-state index contributed by atoms with van der Waals surface area (Å²) in [6.45, 7) is 15.6. The first-order valence-corrected chi connectivity index (χ1v) is 12.6. The number of piperazine rings is 1. The Morgan fingerprint density at radius 2 is 1.80 bits per heavy atom. The monoisotopic (exact) mass is 370 g/mol. The summed E-state index contributed by atoms with van der Waals surface area (Å²) < 4.78 is 12.4. The van der Waals surface area contributed by atoms with Gasteiger partial charge in [0.15, 0.2) is 8.32 Å². The minimum absolute atomic E-state index is 0.125. The molecule has 0 unspecified atom stereocenters. The highest BCUT2D eigenvalue weighted by atomic mass is 28.4. The van der Waals surface area contributed by atoms with Crippen LogP contribution in [0.3, 0.4) is 0 Å². The van der Waals surface area contributed by atoms with Gasteiger partial charge in [0.2, 0.25) is 0 Å². The first-order valence-electron chi connectivity index (χ1n) is 10.1. The summed E-state index contributed by atoms with van der Waals surface area (Å²) in [6, 6.07) is 4.10. The molecule has 0 aromatic carbocycles. The van der Waals surface area contributed by atoms with E-state index < -0.39 is 13.9 Å². The van der Waals surface area contributed by atoms with Crippen LogP contribution in [0, 0.1) is 0 Å². The van der Waals surface area contributed by atoms with Crippen molar-refractivity contribution in [3.63, 3.8) is 0 Å². The van der Waals surface area contributed by atoms with Gasteiger partial charge in [-0.25, -0.2) is 4.79 Å². The molecule has 146 valence electrons. The van der Waals surface area contributed by atoms with E-state index in [0.717, 1.165) is 37.5 Å². The zero-order chi connectivity index (χ0) is 18.8. The number of nitrogens with one attached hydrogen (secondary N) is 1. The van der Waals surface area contributed by atoms with E-state index >= 15 is 0 Å². The number of hydrogen-bond donors (Lipinski definition) is 1. The third kappa shape index (κ3) is 4.58. The second kappa shape index (κ2) is 7.97. The Balaban J connectivity index is 2.11. The lowest BCUT2D eigenvalue weighted by atomic mass is 10.0. The molecule has 25 heavy (non-hydrogen) atoms. The molecule has 0 aromatic rings. The summed E-state index contributed by atoms with van der Waals surface area (Å²) in [6.07, 6.45) is 2.05. The summed E-state index contributed by atoms with van der Waals surface area (Å²) in [4.78, 5) is 14.7. The number of fused-ring (bicyclic) bond motifs is 2. The normalized spacial score (nSPS) is 28.1. The van der Waals surface area contributed by atoms with Crippen LogP contribution in [-0.2, 0) is 9.16 Å². The maximum Gasteiger partial charge on any atom is 0.410 e. The van der Waals surface area contributed by atoms with Gasteiger partial charge in [0.05, 0.1) is 18.2 Å². The van der Waals surface area contributed by atoms with E-state index in [1.165, 1.54) is 0 Å². The van der Waals surface area contributed by atoms with Crippen molar-refractivity contribution in [2.24, 2.45) is 0 Å². The van der Waals surface area contributed by atoms with Gasteiger partial charge in [0.1, 0.15) is 5.60 Å².